The Hall–Kier alpha value is -5.93. The zero-order valence-electron chi connectivity index (χ0n) is 36.4. The summed E-state index contributed by atoms with van der Waals surface area (Å²) in [6.07, 6.45) is 8.03. The van der Waals surface area contributed by atoms with Gasteiger partial charge in [0.05, 0.1) is 44.3 Å². The second-order valence-electron chi connectivity index (χ2n) is 16.9. The van der Waals surface area contributed by atoms with Crippen LogP contribution in [0.5, 0.6) is 11.5 Å². The molecule has 3 aliphatic rings. The highest BCUT2D eigenvalue weighted by atomic mass is 19.1. The first kappa shape index (κ1) is 46.1. The highest BCUT2D eigenvalue weighted by Crippen LogP contribution is 2.41. The van der Waals surface area contributed by atoms with Crippen LogP contribution >= 0.6 is 0 Å². The van der Waals surface area contributed by atoms with E-state index in [2.05, 4.69) is 20.9 Å². The Morgan fingerprint density at radius 3 is 2.30 bits per heavy atom. The van der Waals surface area contributed by atoms with Gasteiger partial charge in [0, 0.05) is 62.1 Å². The minimum absolute atomic E-state index is 0.00199. The number of anilines is 1. The molecule has 0 radical (unpaired) electrons. The molecule has 5 amide bonds. The van der Waals surface area contributed by atoms with Crippen LogP contribution in [0.15, 0.2) is 79.0 Å². The highest BCUT2D eigenvalue weighted by Gasteiger charge is 2.31. The lowest BCUT2D eigenvalue weighted by Gasteiger charge is -2.32. The molecule has 3 fully saturated rings. The fraction of sp³-hybridized carbons (Fsp3) is 0.469. The molecule has 2 atom stereocenters. The summed E-state index contributed by atoms with van der Waals surface area (Å²) in [5.41, 5.74) is 3.46. The minimum Gasteiger partial charge on any atom is -0.490 e. The zero-order valence-corrected chi connectivity index (χ0v) is 36.4. The van der Waals surface area contributed by atoms with Crippen LogP contribution in [0.2, 0.25) is 0 Å². The van der Waals surface area contributed by atoms with Crippen LogP contribution in [-0.2, 0) is 33.4 Å². The molecule has 3 N–H and O–H groups in total. The van der Waals surface area contributed by atoms with Gasteiger partial charge in [-0.1, -0.05) is 19.1 Å². The van der Waals surface area contributed by atoms with E-state index in [1.165, 1.54) is 6.07 Å². The van der Waals surface area contributed by atoms with Crippen molar-refractivity contribution in [1.82, 2.24) is 20.5 Å². The lowest BCUT2D eigenvalue weighted by atomic mass is 9.73. The first-order valence-corrected chi connectivity index (χ1v) is 22.5. The predicted octanol–water partition coefficient (Wildman–Crippen LogP) is 6.43. The fourth-order valence-corrected chi connectivity index (χ4v) is 8.84. The largest absolute Gasteiger partial charge is 0.490 e. The van der Waals surface area contributed by atoms with Crippen molar-refractivity contribution in [1.29, 1.82) is 0 Å². The van der Waals surface area contributed by atoms with Crippen LogP contribution in [0.25, 0.3) is 10.9 Å². The van der Waals surface area contributed by atoms with E-state index in [1.54, 1.807) is 42.6 Å². The Kier molecular flexibility index (Phi) is 16.3. The monoisotopic (exact) mass is 879 g/mol. The van der Waals surface area contributed by atoms with Gasteiger partial charge >= 0.3 is 0 Å². The molecule has 1 aromatic heterocycles. The molecule has 64 heavy (non-hydrogen) atoms. The van der Waals surface area contributed by atoms with Crippen LogP contribution < -0.4 is 25.4 Å². The van der Waals surface area contributed by atoms with Gasteiger partial charge in [0.2, 0.25) is 23.6 Å². The number of benzene rings is 3. The molecule has 1 saturated carbocycles. The molecule has 2 saturated heterocycles. The van der Waals surface area contributed by atoms with E-state index in [1.807, 2.05) is 42.2 Å². The molecule has 14 nitrogen and oxygen atoms in total. The summed E-state index contributed by atoms with van der Waals surface area (Å²) >= 11 is 0. The maximum Gasteiger partial charge on any atom is 0.258 e. The number of halogens is 1. The van der Waals surface area contributed by atoms with Crippen molar-refractivity contribution in [2.45, 2.75) is 82.7 Å². The van der Waals surface area contributed by atoms with Gasteiger partial charge in [-0.15, -0.1) is 0 Å². The van der Waals surface area contributed by atoms with Crippen molar-refractivity contribution in [3.63, 3.8) is 0 Å². The van der Waals surface area contributed by atoms with E-state index in [9.17, 15) is 28.4 Å². The van der Waals surface area contributed by atoms with Gasteiger partial charge in [-0.05, 0) is 116 Å². The number of amides is 5. The number of aromatic nitrogens is 1. The average molecular weight is 880 g/mol. The zero-order chi connectivity index (χ0) is 44.8. The van der Waals surface area contributed by atoms with Crippen molar-refractivity contribution in [3.05, 3.63) is 95.9 Å². The number of piperidine rings is 2. The van der Waals surface area contributed by atoms with Crippen LogP contribution in [0.1, 0.15) is 87.7 Å². The first-order valence-electron chi connectivity index (χ1n) is 22.5. The molecule has 2 aliphatic heterocycles. The number of carbonyl (C=O) groups is 5. The van der Waals surface area contributed by atoms with Gasteiger partial charge in [0.1, 0.15) is 23.4 Å². The van der Waals surface area contributed by atoms with Gasteiger partial charge in [-0.2, -0.15) is 0 Å². The number of likely N-dealkylation sites (tertiary alicyclic amines) is 1. The Morgan fingerprint density at radius 1 is 0.844 bits per heavy atom. The van der Waals surface area contributed by atoms with Gasteiger partial charge in [-0.3, -0.25) is 34.3 Å². The number of hydrogen-bond acceptors (Lipinski definition) is 10. The Labute approximate surface area is 372 Å². The first-order chi connectivity index (χ1) is 31.1. The van der Waals surface area contributed by atoms with Gasteiger partial charge in [0.15, 0.2) is 6.61 Å². The molecule has 3 heterocycles. The molecule has 7 rings (SSSR count). The Balaban J connectivity index is 0.696. The summed E-state index contributed by atoms with van der Waals surface area (Å²) in [6.45, 7) is 4.58. The van der Waals surface area contributed by atoms with Gasteiger partial charge in [-0.25, -0.2) is 4.39 Å². The van der Waals surface area contributed by atoms with E-state index >= 15 is 0 Å². The van der Waals surface area contributed by atoms with Crippen LogP contribution in [0, 0.1) is 17.7 Å². The van der Waals surface area contributed by atoms with E-state index in [0.29, 0.717) is 64.0 Å². The Morgan fingerprint density at radius 2 is 1.56 bits per heavy atom. The average Bonchev–Trinajstić information content (AvgIpc) is 3.31. The third kappa shape index (κ3) is 12.8. The summed E-state index contributed by atoms with van der Waals surface area (Å²) in [6, 6.07) is 21.1. The smallest absolute Gasteiger partial charge is 0.258 e. The normalized spacial score (nSPS) is 19.7. The van der Waals surface area contributed by atoms with E-state index in [4.69, 9.17) is 18.9 Å². The van der Waals surface area contributed by atoms with Crippen molar-refractivity contribution >= 4 is 46.1 Å². The van der Waals surface area contributed by atoms with Gasteiger partial charge in [0.25, 0.3) is 5.91 Å². The topological polar surface area (TPSA) is 174 Å². The molecule has 15 heteroatoms. The number of imide groups is 1. The molecule has 1 unspecified atom stereocenters. The second-order valence-corrected chi connectivity index (χ2v) is 16.9. The summed E-state index contributed by atoms with van der Waals surface area (Å²) in [5, 5.41) is 9.04. The number of ether oxygens (including phenoxy) is 4. The number of carbonyl (C=O) groups excluding carboxylic acids is 5. The summed E-state index contributed by atoms with van der Waals surface area (Å²) in [5.74, 6) is 0.221. The maximum atomic E-state index is 14.0. The van der Waals surface area contributed by atoms with Crippen LogP contribution in [0.4, 0.5) is 10.1 Å². The molecular formula is C49H58FN5O9. The summed E-state index contributed by atoms with van der Waals surface area (Å²) < 4.78 is 36.9. The van der Waals surface area contributed by atoms with E-state index in [0.717, 1.165) is 72.0 Å². The summed E-state index contributed by atoms with van der Waals surface area (Å²) in [7, 11) is 0. The molecule has 3 aromatic carbocycles. The fourth-order valence-electron chi connectivity index (χ4n) is 8.84. The van der Waals surface area contributed by atoms with E-state index in [-0.39, 0.29) is 78.8 Å². The standard InChI is InChI=1S/C49H58FN5O9/c1-32(33-2-4-34(5-3-33)41-18-22-51-44-16-8-36(50)30-43(41)44)48(59)53-37-9-13-39(14-10-37)64-40-19-24-55(25-20-40)47(58)21-26-61-28-29-62-27-23-52-46(57)31-63-38-11-6-35(7-12-38)42-15-17-45(56)54-49(42)60/h6-14,16,18,22,30,32-34,40,42H,2-5,15,17,19-21,23-29,31H2,1H3,(H,52,57)(H,53,59)(H,54,56,60)/t32-,33-,34+,42?/m1/s1. The predicted molar refractivity (Wildman–Crippen MR) is 237 cm³/mol. The van der Waals surface area contributed by atoms with Gasteiger partial charge < -0.3 is 34.5 Å². The molecule has 340 valence electrons. The quantitative estimate of drug-likeness (QED) is 0.0704. The number of hydrogen-bond donors (Lipinski definition) is 3. The molecule has 1 aliphatic carbocycles. The van der Waals surface area contributed by atoms with Crippen LogP contribution in [0.3, 0.4) is 0 Å². The number of fused-ring (bicyclic) bond motifs is 1. The number of nitrogens with zero attached hydrogens (tertiary/aromatic N) is 2. The van der Waals surface area contributed by atoms with Crippen molar-refractivity contribution < 1.29 is 47.3 Å². The van der Waals surface area contributed by atoms with Crippen molar-refractivity contribution in [2.24, 2.45) is 11.8 Å². The molecule has 0 bridgehead atoms. The Bertz CT molecular complexity index is 2220. The van der Waals surface area contributed by atoms with Crippen molar-refractivity contribution in [3.8, 4) is 11.5 Å². The SMILES string of the molecule is C[C@@H](C(=O)Nc1ccc(OC2CCN(C(=O)CCOCCOCCNC(=O)COc3ccc(C4CCC(=O)NC4=O)cc3)CC2)cc1)[C@H]1CC[C@@H](c2ccnc3ccc(F)cc32)CC1. The third-order valence-corrected chi connectivity index (χ3v) is 12.6. The number of pyridine rings is 1. The molecular weight excluding hydrogens is 822 g/mol. The lowest BCUT2D eigenvalue weighted by molar-refractivity contribution is -0.135. The molecule has 0 spiro atoms. The lowest BCUT2D eigenvalue weighted by Crippen LogP contribution is -2.42. The summed E-state index contributed by atoms with van der Waals surface area (Å²) in [4.78, 5) is 67.9. The maximum absolute atomic E-state index is 14.0. The molecule has 4 aromatic rings. The highest BCUT2D eigenvalue weighted by molar-refractivity contribution is 6.01. The third-order valence-electron chi connectivity index (χ3n) is 12.6. The van der Waals surface area contributed by atoms with E-state index < -0.39 is 0 Å². The second kappa shape index (κ2) is 22.6. The van der Waals surface area contributed by atoms with Crippen molar-refractivity contribution in [2.75, 3.05) is 58.0 Å². The van der Waals surface area contributed by atoms with Crippen LogP contribution in [-0.4, -0.2) is 98.2 Å². The number of rotatable bonds is 19. The minimum atomic E-state index is -0.377. The number of nitrogens with one attached hydrogen (secondary N) is 3.